The van der Waals surface area contributed by atoms with E-state index in [-0.39, 0.29) is 12.5 Å². The number of furan rings is 1. The van der Waals surface area contributed by atoms with Crippen LogP contribution in [-0.4, -0.2) is 26.6 Å². The molecule has 0 radical (unpaired) electrons. The Hall–Kier alpha value is -3.84. The average molecular weight is 447 g/mol. The number of para-hydroxylation sites is 1. The second-order valence-corrected chi connectivity index (χ2v) is 8.15. The molecule has 0 aliphatic carbocycles. The molecule has 1 aliphatic rings. The molecule has 7 nitrogen and oxygen atoms in total. The smallest absolute Gasteiger partial charge is 0.325 e. The van der Waals surface area contributed by atoms with Gasteiger partial charge < -0.3 is 9.73 Å². The van der Waals surface area contributed by atoms with Crippen LogP contribution in [0, 0.1) is 0 Å². The third kappa shape index (κ3) is 3.36. The summed E-state index contributed by atoms with van der Waals surface area (Å²) in [6, 6.07) is 19.8. The van der Waals surface area contributed by atoms with Crippen LogP contribution in [0.25, 0.3) is 16.9 Å². The zero-order chi connectivity index (χ0) is 22.3. The van der Waals surface area contributed by atoms with Crippen LogP contribution in [0.2, 0.25) is 5.02 Å². The van der Waals surface area contributed by atoms with Gasteiger partial charge in [-0.25, -0.2) is 9.48 Å². The van der Waals surface area contributed by atoms with Gasteiger partial charge in [0.1, 0.15) is 5.76 Å². The number of nitrogens with zero attached hydrogens (tertiary/aromatic N) is 3. The summed E-state index contributed by atoms with van der Waals surface area (Å²) in [5.74, 6) is 0.00298. The first-order valence-electron chi connectivity index (χ1n) is 10.0. The second-order valence-electron chi connectivity index (χ2n) is 7.71. The highest BCUT2D eigenvalue weighted by Gasteiger charge is 2.51. The number of carbonyl (C=O) groups excluding carboxylic acids is 2. The van der Waals surface area contributed by atoms with Crippen molar-refractivity contribution in [2.24, 2.45) is 0 Å². The summed E-state index contributed by atoms with van der Waals surface area (Å²) in [5, 5.41) is 8.11. The zero-order valence-corrected chi connectivity index (χ0v) is 17.9. The lowest BCUT2D eigenvalue weighted by atomic mass is 9.99. The molecule has 0 saturated carbocycles. The first-order chi connectivity index (χ1) is 15.5. The van der Waals surface area contributed by atoms with Crippen molar-refractivity contribution in [2.45, 2.75) is 19.0 Å². The minimum atomic E-state index is -1.25. The van der Waals surface area contributed by atoms with E-state index in [4.69, 9.17) is 21.1 Å². The van der Waals surface area contributed by atoms with E-state index in [9.17, 15) is 9.59 Å². The van der Waals surface area contributed by atoms with Crippen LogP contribution in [0.3, 0.4) is 0 Å². The summed E-state index contributed by atoms with van der Waals surface area (Å²) in [7, 11) is 0. The fourth-order valence-corrected chi connectivity index (χ4v) is 3.96. The maximum Gasteiger partial charge on any atom is 0.325 e. The fraction of sp³-hybridized carbons (Fsp3) is 0.125. The normalized spacial score (nSPS) is 18.2. The van der Waals surface area contributed by atoms with Gasteiger partial charge in [0, 0.05) is 22.3 Å². The van der Waals surface area contributed by atoms with Crippen molar-refractivity contribution in [3.8, 4) is 16.9 Å². The van der Waals surface area contributed by atoms with Crippen LogP contribution in [0.15, 0.2) is 83.6 Å². The number of benzene rings is 2. The van der Waals surface area contributed by atoms with E-state index in [1.165, 1.54) is 11.2 Å². The molecule has 32 heavy (non-hydrogen) atoms. The average Bonchev–Trinajstić information content (AvgIpc) is 3.52. The Morgan fingerprint density at radius 1 is 1.03 bits per heavy atom. The van der Waals surface area contributed by atoms with Gasteiger partial charge in [0.15, 0.2) is 5.54 Å². The number of rotatable bonds is 5. The lowest BCUT2D eigenvalue weighted by molar-refractivity contribution is -0.132. The van der Waals surface area contributed by atoms with Crippen LogP contribution < -0.4 is 5.32 Å². The molecule has 0 bridgehead atoms. The van der Waals surface area contributed by atoms with E-state index in [1.54, 1.807) is 35.9 Å². The highest BCUT2D eigenvalue weighted by atomic mass is 35.5. The van der Waals surface area contributed by atoms with Gasteiger partial charge in [0.25, 0.3) is 5.91 Å². The first kappa shape index (κ1) is 20.1. The van der Waals surface area contributed by atoms with E-state index in [2.05, 4.69) is 5.32 Å². The van der Waals surface area contributed by atoms with E-state index in [0.29, 0.717) is 16.5 Å². The molecule has 0 unspecified atom stereocenters. The Bertz CT molecular complexity index is 1280. The summed E-state index contributed by atoms with van der Waals surface area (Å²) >= 11 is 6.06. The summed E-state index contributed by atoms with van der Waals surface area (Å²) in [5.41, 5.74) is 1.84. The number of carbonyl (C=O) groups is 2. The van der Waals surface area contributed by atoms with Gasteiger partial charge in [-0.2, -0.15) is 5.10 Å². The fourth-order valence-electron chi connectivity index (χ4n) is 3.83. The van der Waals surface area contributed by atoms with Crippen LogP contribution in [0.1, 0.15) is 18.2 Å². The quantitative estimate of drug-likeness (QED) is 0.448. The number of amides is 3. The minimum Gasteiger partial charge on any atom is -0.466 e. The van der Waals surface area contributed by atoms with Crippen LogP contribution in [0.5, 0.6) is 0 Å². The standard InChI is InChI=1S/C24H19ClN4O3/c1-24(20-8-5-13-32-20)22(30)28(23(31)26-24)14-17-15-29(19-6-3-2-4-7-19)27-21(17)16-9-11-18(25)12-10-16/h2-13,15H,14H2,1H3,(H,26,31)/t24-/m1/s1. The third-order valence-electron chi connectivity index (χ3n) is 5.55. The number of urea groups is 1. The molecule has 1 atom stereocenters. The van der Waals surface area contributed by atoms with Gasteiger partial charge in [-0.15, -0.1) is 0 Å². The van der Waals surface area contributed by atoms with Crippen molar-refractivity contribution in [1.29, 1.82) is 0 Å². The molecule has 2 aromatic carbocycles. The monoisotopic (exact) mass is 446 g/mol. The molecule has 4 aromatic rings. The molecular weight excluding hydrogens is 428 g/mol. The third-order valence-corrected chi connectivity index (χ3v) is 5.80. The predicted octanol–water partition coefficient (Wildman–Crippen LogP) is 4.75. The lowest BCUT2D eigenvalue weighted by Gasteiger charge is -2.19. The highest BCUT2D eigenvalue weighted by molar-refractivity contribution is 6.30. The Labute approximate surface area is 189 Å². The Kier molecular flexibility index (Phi) is 4.83. The first-order valence-corrected chi connectivity index (χ1v) is 10.4. The van der Waals surface area contributed by atoms with Crippen molar-refractivity contribution in [1.82, 2.24) is 20.0 Å². The number of aromatic nitrogens is 2. The number of nitrogens with one attached hydrogen (secondary N) is 1. The van der Waals surface area contributed by atoms with Crippen molar-refractivity contribution in [3.05, 3.63) is 95.5 Å². The van der Waals surface area contributed by atoms with Crippen molar-refractivity contribution < 1.29 is 14.0 Å². The van der Waals surface area contributed by atoms with Gasteiger partial charge in [0.05, 0.1) is 24.2 Å². The lowest BCUT2D eigenvalue weighted by Crippen LogP contribution is -2.40. The Morgan fingerprint density at radius 2 is 1.78 bits per heavy atom. The SMILES string of the molecule is C[C@]1(c2ccco2)NC(=O)N(Cc2cn(-c3ccccc3)nc2-c2ccc(Cl)cc2)C1=O. The molecule has 160 valence electrons. The molecule has 3 heterocycles. The Balaban J connectivity index is 1.54. The van der Waals surface area contributed by atoms with Crippen molar-refractivity contribution >= 4 is 23.5 Å². The topological polar surface area (TPSA) is 80.4 Å². The molecular formula is C24H19ClN4O3. The molecule has 8 heteroatoms. The van der Waals surface area contributed by atoms with Gasteiger partial charge in [-0.3, -0.25) is 9.69 Å². The van der Waals surface area contributed by atoms with Crippen molar-refractivity contribution in [2.75, 3.05) is 0 Å². The summed E-state index contributed by atoms with van der Waals surface area (Å²) in [4.78, 5) is 27.2. The number of imide groups is 1. The summed E-state index contributed by atoms with van der Waals surface area (Å²) in [6.45, 7) is 1.70. The van der Waals surface area contributed by atoms with E-state index in [1.807, 2.05) is 48.7 Å². The second kappa shape index (κ2) is 7.69. The highest BCUT2D eigenvalue weighted by Crippen LogP contribution is 2.32. The maximum absolute atomic E-state index is 13.2. The van der Waals surface area contributed by atoms with E-state index >= 15 is 0 Å². The summed E-state index contributed by atoms with van der Waals surface area (Å²) in [6.07, 6.45) is 3.31. The molecule has 1 saturated heterocycles. The van der Waals surface area contributed by atoms with Crippen molar-refractivity contribution in [3.63, 3.8) is 0 Å². The number of halogens is 1. The van der Waals surface area contributed by atoms with Gasteiger partial charge in [-0.05, 0) is 43.3 Å². The van der Waals surface area contributed by atoms with Gasteiger partial charge in [0.2, 0.25) is 0 Å². The van der Waals surface area contributed by atoms with Crippen LogP contribution in [0.4, 0.5) is 4.79 Å². The predicted molar refractivity (Wildman–Crippen MR) is 119 cm³/mol. The molecule has 0 spiro atoms. The zero-order valence-electron chi connectivity index (χ0n) is 17.2. The van der Waals surface area contributed by atoms with Gasteiger partial charge >= 0.3 is 6.03 Å². The molecule has 1 aliphatic heterocycles. The minimum absolute atomic E-state index is 0.0613. The number of hydrogen-bond acceptors (Lipinski definition) is 4. The van der Waals surface area contributed by atoms with Gasteiger partial charge in [-0.1, -0.05) is 41.9 Å². The van der Waals surface area contributed by atoms with E-state index < -0.39 is 11.6 Å². The van der Waals surface area contributed by atoms with Crippen LogP contribution in [-0.2, 0) is 16.9 Å². The molecule has 1 fully saturated rings. The molecule has 5 rings (SSSR count). The largest absolute Gasteiger partial charge is 0.466 e. The molecule has 3 amide bonds. The van der Waals surface area contributed by atoms with E-state index in [0.717, 1.165) is 16.8 Å². The molecule has 2 aromatic heterocycles. The number of hydrogen-bond donors (Lipinski definition) is 1. The molecule has 1 N–H and O–H groups in total. The maximum atomic E-state index is 13.2. The summed E-state index contributed by atoms with van der Waals surface area (Å²) < 4.78 is 7.15. The van der Waals surface area contributed by atoms with Crippen LogP contribution >= 0.6 is 11.6 Å². The Morgan fingerprint density at radius 3 is 2.47 bits per heavy atom.